The second-order valence-corrected chi connectivity index (χ2v) is 9.93. The lowest BCUT2D eigenvalue weighted by molar-refractivity contribution is -0.122. The number of nitrogens with one attached hydrogen (secondary N) is 1. The molecule has 0 saturated heterocycles. The van der Waals surface area contributed by atoms with Gasteiger partial charge in [-0.2, -0.15) is 0 Å². The molecule has 0 spiro atoms. The molecule has 1 heterocycles. The van der Waals surface area contributed by atoms with Crippen molar-refractivity contribution in [3.63, 3.8) is 0 Å². The molecule has 6 nitrogen and oxygen atoms in total. The van der Waals surface area contributed by atoms with Crippen LogP contribution in [0.5, 0.6) is 5.75 Å². The molecule has 160 valence electrons. The van der Waals surface area contributed by atoms with E-state index >= 15 is 0 Å². The number of rotatable bonds is 7. The van der Waals surface area contributed by atoms with Crippen molar-refractivity contribution >= 4 is 27.3 Å². The maximum atomic E-state index is 12.8. The van der Waals surface area contributed by atoms with E-state index in [1.54, 1.807) is 13.2 Å². The van der Waals surface area contributed by atoms with Gasteiger partial charge in [-0.1, -0.05) is 25.0 Å². The summed E-state index contributed by atoms with van der Waals surface area (Å²) in [4.78, 5) is 14.7. The Morgan fingerprint density at radius 1 is 1.13 bits per heavy atom. The van der Waals surface area contributed by atoms with Gasteiger partial charge in [0, 0.05) is 23.8 Å². The van der Waals surface area contributed by atoms with Gasteiger partial charge in [0.2, 0.25) is 15.9 Å². The fourth-order valence-corrected chi connectivity index (χ4v) is 5.45. The van der Waals surface area contributed by atoms with Crippen LogP contribution in [0.2, 0.25) is 0 Å². The molecular weight excluding hydrogens is 400 g/mol. The molecule has 30 heavy (non-hydrogen) atoms. The molecule has 0 aromatic heterocycles. The summed E-state index contributed by atoms with van der Waals surface area (Å²) in [5.74, 6) is 1.12. The van der Waals surface area contributed by atoms with Crippen LogP contribution in [0.25, 0.3) is 0 Å². The van der Waals surface area contributed by atoms with Gasteiger partial charge in [-0.05, 0) is 67.1 Å². The van der Waals surface area contributed by atoms with E-state index in [1.165, 1.54) is 0 Å². The minimum Gasteiger partial charge on any atom is -0.497 e. The molecule has 1 amide bonds. The smallest absolute Gasteiger partial charge is 0.233 e. The van der Waals surface area contributed by atoms with Crippen LogP contribution in [0.4, 0.5) is 11.4 Å². The molecule has 0 bridgehead atoms. The zero-order chi connectivity index (χ0) is 21.1. The number of ether oxygens (including phenoxy) is 1. The van der Waals surface area contributed by atoms with Crippen molar-refractivity contribution in [3.05, 3.63) is 53.6 Å². The minimum atomic E-state index is -3.47. The lowest BCUT2D eigenvalue weighted by atomic mass is 10.1. The number of aryl methyl sites for hydroxylation is 1. The number of methoxy groups -OCH3 is 1. The van der Waals surface area contributed by atoms with Gasteiger partial charge in [-0.25, -0.2) is 8.42 Å². The molecule has 2 aromatic rings. The first kappa shape index (κ1) is 20.7. The number of sulfonamides is 1. The van der Waals surface area contributed by atoms with Gasteiger partial charge in [0.15, 0.2) is 0 Å². The molecule has 1 fully saturated rings. The highest BCUT2D eigenvalue weighted by molar-refractivity contribution is 7.92. The van der Waals surface area contributed by atoms with Gasteiger partial charge >= 0.3 is 0 Å². The Hall–Kier alpha value is -2.54. The predicted molar refractivity (Wildman–Crippen MR) is 119 cm³/mol. The SMILES string of the molecule is COc1ccc(CCS(=O)(=O)Nc2ccc3c(c2)CCN3C(=O)C2CCCC2)cc1. The van der Waals surface area contributed by atoms with E-state index in [9.17, 15) is 13.2 Å². The normalized spacial score (nSPS) is 16.5. The van der Waals surface area contributed by atoms with E-state index < -0.39 is 10.0 Å². The molecular formula is C23H28N2O4S. The van der Waals surface area contributed by atoms with Crippen molar-refractivity contribution in [3.8, 4) is 5.75 Å². The Kier molecular flexibility index (Phi) is 5.99. The number of amides is 1. The fraction of sp³-hybridized carbons (Fsp3) is 0.435. The number of fused-ring (bicyclic) bond motifs is 1. The number of nitrogens with zero attached hydrogens (tertiary/aromatic N) is 1. The number of carbonyl (C=O) groups excluding carboxylic acids is 1. The number of benzene rings is 2. The third-order valence-corrected chi connectivity index (χ3v) is 7.33. The summed E-state index contributed by atoms with van der Waals surface area (Å²) in [6, 6.07) is 12.9. The average molecular weight is 429 g/mol. The van der Waals surface area contributed by atoms with Crippen LogP contribution in [0.15, 0.2) is 42.5 Å². The number of carbonyl (C=O) groups is 1. The first-order valence-electron chi connectivity index (χ1n) is 10.5. The van der Waals surface area contributed by atoms with Gasteiger partial charge < -0.3 is 9.64 Å². The third-order valence-electron chi connectivity index (χ3n) is 6.04. The van der Waals surface area contributed by atoms with E-state index in [4.69, 9.17) is 4.74 Å². The summed E-state index contributed by atoms with van der Waals surface area (Å²) in [6.07, 6.45) is 5.42. The van der Waals surface area contributed by atoms with Crippen LogP contribution in [0.3, 0.4) is 0 Å². The second kappa shape index (κ2) is 8.68. The number of hydrogen-bond donors (Lipinski definition) is 1. The summed E-state index contributed by atoms with van der Waals surface area (Å²) in [7, 11) is -1.87. The molecule has 4 rings (SSSR count). The molecule has 2 aromatic carbocycles. The molecule has 1 N–H and O–H groups in total. The third kappa shape index (κ3) is 4.61. The first-order valence-corrected chi connectivity index (χ1v) is 12.2. The second-order valence-electron chi connectivity index (χ2n) is 8.08. The van der Waals surface area contributed by atoms with Crippen molar-refractivity contribution < 1.29 is 17.9 Å². The standard InChI is InChI=1S/C23H28N2O4S/c1-29-21-9-6-17(7-10-21)13-15-30(27,28)24-20-8-11-22-19(16-20)12-14-25(22)23(26)18-4-2-3-5-18/h6-11,16,18,24H,2-5,12-15H2,1H3. The summed E-state index contributed by atoms with van der Waals surface area (Å²) >= 11 is 0. The lowest BCUT2D eigenvalue weighted by Gasteiger charge is -2.21. The van der Waals surface area contributed by atoms with Crippen molar-refractivity contribution in [1.29, 1.82) is 0 Å². The Labute approximate surface area is 178 Å². The van der Waals surface area contributed by atoms with E-state index in [0.717, 1.165) is 54.7 Å². The van der Waals surface area contributed by atoms with E-state index in [0.29, 0.717) is 18.7 Å². The highest BCUT2D eigenvalue weighted by Gasteiger charge is 2.32. The molecule has 1 aliphatic carbocycles. The Bertz CT molecular complexity index is 1010. The van der Waals surface area contributed by atoms with Crippen LogP contribution in [-0.4, -0.2) is 33.7 Å². The van der Waals surface area contributed by atoms with Gasteiger partial charge in [-0.15, -0.1) is 0 Å². The molecule has 1 aliphatic heterocycles. The fourth-order valence-electron chi connectivity index (χ4n) is 4.36. The van der Waals surface area contributed by atoms with Crippen molar-refractivity contribution in [2.45, 2.75) is 38.5 Å². The maximum absolute atomic E-state index is 12.8. The lowest BCUT2D eigenvalue weighted by Crippen LogP contribution is -2.33. The molecule has 7 heteroatoms. The van der Waals surface area contributed by atoms with E-state index in [2.05, 4.69) is 4.72 Å². The largest absolute Gasteiger partial charge is 0.497 e. The summed E-state index contributed by atoms with van der Waals surface area (Å²) in [5.41, 5.74) is 3.44. The molecule has 0 atom stereocenters. The van der Waals surface area contributed by atoms with Crippen LogP contribution < -0.4 is 14.4 Å². The Balaban J connectivity index is 1.39. The van der Waals surface area contributed by atoms with Crippen LogP contribution in [0, 0.1) is 5.92 Å². The van der Waals surface area contributed by atoms with Crippen molar-refractivity contribution in [2.24, 2.45) is 5.92 Å². The van der Waals surface area contributed by atoms with Gasteiger partial charge in [0.05, 0.1) is 12.9 Å². The maximum Gasteiger partial charge on any atom is 0.233 e. The van der Waals surface area contributed by atoms with Gasteiger partial charge in [-0.3, -0.25) is 9.52 Å². The quantitative estimate of drug-likeness (QED) is 0.729. The Morgan fingerprint density at radius 3 is 2.57 bits per heavy atom. The molecule has 0 unspecified atom stereocenters. The summed E-state index contributed by atoms with van der Waals surface area (Å²) < 4.78 is 32.9. The van der Waals surface area contributed by atoms with E-state index in [1.807, 2.05) is 41.3 Å². The number of hydrogen-bond acceptors (Lipinski definition) is 4. The average Bonchev–Trinajstić information content (AvgIpc) is 3.42. The predicted octanol–water partition coefficient (Wildman–Crippen LogP) is 3.76. The Morgan fingerprint density at radius 2 is 1.87 bits per heavy atom. The van der Waals surface area contributed by atoms with Gasteiger partial charge in [0.1, 0.15) is 5.75 Å². The van der Waals surface area contributed by atoms with Crippen LogP contribution >= 0.6 is 0 Å². The zero-order valence-corrected chi connectivity index (χ0v) is 18.1. The zero-order valence-electron chi connectivity index (χ0n) is 17.3. The number of anilines is 2. The minimum absolute atomic E-state index is 0.00268. The summed E-state index contributed by atoms with van der Waals surface area (Å²) in [6.45, 7) is 0.679. The van der Waals surface area contributed by atoms with Gasteiger partial charge in [0.25, 0.3) is 0 Å². The monoisotopic (exact) mass is 428 g/mol. The van der Waals surface area contributed by atoms with Crippen molar-refractivity contribution in [1.82, 2.24) is 0 Å². The van der Waals surface area contributed by atoms with Crippen LogP contribution in [0.1, 0.15) is 36.8 Å². The highest BCUT2D eigenvalue weighted by atomic mass is 32.2. The molecule has 1 saturated carbocycles. The molecule has 0 radical (unpaired) electrons. The van der Waals surface area contributed by atoms with Crippen LogP contribution in [-0.2, 0) is 27.7 Å². The topological polar surface area (TPSA) is 75.7 Å². The van der Waals surface area contributed by atoms with E-state index in [-0.39, 0.29) is 17.6 Å². The highest BCUT2D eigenvalue weighted by Crippen LogP contribution is 2.35. The first-order chi connectivity index (χ1) is 14.4. The van der Waals surface area contributed by atoms with Crippen molar-refractivity contribution in [2.75, 3.05) is 29.0 Å². The summed E-state index contributed by atoms with van der Waals surface area (Å²) in [5, 5.41) is 0. The molecule has 2 aliphatic rings.